The van der Waals surface area contributed by atoms with E-state index in [1.165, 1.54) is 35.4 Å². The third kappa shape index (κ3) is 3.90. The molecule has 1 aromatic carbocycles. The van der Waals surface area contributed by atoms with E-state index in [-0.39, 0.29) is 17.5 Å². The SMILES string of the molecule is CN(C(=O)c1ccc(C(=O)O)cc1)[C@H]1CCCC[C@@H]1S(C)(=O)=O. The lowest BCUT2D eigenvalue weighted by molar-refractivity contribution is 0.0684. The predicted octanol–water partition coefficient (Wildman–Crippen LogP) is 1.81. The number of carboxylic acids is 1. The average Bonchev–Trinajstić information content (AvgIpc) is 2.52. The molecule has 23 heavy (non-hydrogen) atoms. The van der Waals surface area contributed by atoms with Crippen molar-refractivity contribution < 1.29 is 23.1 Å². The second kappa shape index (κ2) is 6.70. The molecule has 1 aliphatic carbocycles. The highest BCUT2D eigenvalue weighted by molar-refractivity contribution is 7.91. The summed E-state index contributed by atoms with van der Waals surface area (Å²) in [5, 5.41) is 8.35. The van der Waals surface area contributed by atoms with Crippen LogP contribution in [0.2, 0.25) is 0 Å². The molecule has 2 atom stereocenters. The average molecular weight is 339 g/mol. The minimum atomic E-state index is -3.23. The summed E-state index contributed by atoms with van der Waals surface area (Å²) in [6, 6.07) is 5.32. The van der Waals surface area contributed by atoms with Gasteiger partial charge in [0.15, 0.2) is 9.84 Å². The van der Waals surface area contributed by atoms with Gasteiger partial charge in [-0.2, -0.15) is 0 Å². The fourth-order valence-electron chi connectivity index (χ4n) is 3.13. The molecule has 0 aromatic heterocycles. The number of nitrogens with zero attached hydrogens (tertiary/aromatic N) is 1. The quantitative estimate of drug-likeness (QED) is 0.903. The van der Waals surface area contributed by atoms with Gasteiger partial charge in [-0.15, -0.1) is 0 Å². The number of sulfone groups is 1. The molecule has 0 aliphatic heterocycles. The van der Waals surface area contributed by atoms with Crippen molar-refractivity contribution in [3.05, 3.63) is 35.4 Å². The molecule has 0 radical (unpaired) electrons. The molecule has 0 unspecified atom stereocenters. The lowest BCUT2D eigenvalue weighted by Crippen LogP contribution is -2.49. The molecule has 1 N–H and O–H groups in total. The molecule has 1 aromatic rings. The summed E-state index contributed by atoms with van der Waals surface area (Å²) in [5.74, 6) is -1.34. The maximum Gasteiger partial charge on any atom is 0.335 e. The highest BCUT2D eigenvalue weighted by atomic mass is 32.2. The molecular formula is C16H21NO5S. The highest BCUT2D eigenvalue weighted by Gasteiger charge is 2.37. The number of hydrogen-bond acceptors (Lipinski definition) is 4. The van der Waals surface area contributed by atoms with E-state index in [1.54, 1.807) is 7.05 Å². The Morgan fingerprint density at radius 3 is 2.13 bits per heavy atom. The Hall–Kier alpha value is -1.89. The van der Waals surface area contributed by atoms with Gasteiger partial charge in [-0.3, -0.25) is 4.79 Å². The van der Waals surface area contributed by atoms with Crippen molar-refractivity contribution in [1.82, 2.24) is 4.90 Å². The van der Waals surface area contributed by atoms with Crippen LogP contribution in [-0.4, -0.2) is 54.9 Å². The number of carbonyl (C=O) groups is 2. The molecule has 1 amide bonds. The van der Waals surface area contributed by atoms with Crippen LogP contribution in [0.25, 0.3) is 0 Å². The standard InChI is InChI=1S/C16H21NO5S/c1-17(13-5-3-4-6-14(13)23(2,21)22)15(18)11-7-9-12(10-8-11)16(19)20/h7-10,13-14H,3-6H2,1-2H3,(H,19,20)/t13-,14-/m0/s1. The Kier molecular flexibility index (Phi) is 5.09. The molecule has 0 heterocycles. The van der Waals surface area contributed by atoms with Gasteiger partial charge in [-0.05, 0) is 37.1 Å². The molecule has 7 heteroatoms. The maximum absolute atomic E-state index is 12.6. The summed E-state index contributed by atoms with van der Waals surface area (Å²) in [5.41, 5.74) is 0.464. The van der Waals surface area contributed by atoms with Crippen LogP contribution in [-0.2, 0) is 9.84 Å². The minimum Gasteiger partial charge on any atom is -0.478 e. The summed E-state index contributed by atoms with van der Waals surface area (Å²) < 4.78 is 24.0. The maximum atomic E-state index is 12.6. The van der Waals surface area contributed by atoms with Crippen molar-refractivity contribution in [2.75, 3.05) is 13.3 Å². The summed E-state index contributed by atoms with van der Waals surface area (Å²) in [6.07, 6.45) is 4.19. The van der Waals surface area contributed by atoms with E-state index in [2.05, 4.69) is 0 Å². The minimum absolute atomic E-state index is 0.107. The smallest absolute Gasteiger partial charge is 0.335 e. The number of benzene rings is 1. The lowest BCUT2D eigenvalue weighted by Gasteiger charge is -2.37. The molecule has 2 rings (SSSR count). The molecule has 6 nitrogen and oxygen atoms in total. The van der Waals surface area contributed by atoms with Crippen molar-refractivity contribution in [3.63, 3.8) is 0 Å². The molecular weight excluding hydrogens is 318 g/mol. The van der Waals surface area contributed by atoms with Crippen LogP contribution in [0.5, 0.6) is 0 Å². The van der Waals surface area contributed by atoms with Gasteiger partial charge >= 0.3 is 5.97 Å². The second-order valence-electron chi connectivity index (χ2n) is 6.02. The topological polar surface area (TPSA) is 91.8 Å². The first-order chi connectivity index (χ1) is 10.7. The number of aromatic carboxylic acids is 1. The zero-order valence-electron chi connectivity index (χ0n) is 13.2. The first-order valence-electron chi connectivity index (χ1n) is 7.51. The summed E-state index contributed by atoms with van der Waals surface area (Å²) in [6.45, 7) is 0. The van der Waals surface area contributed by atoms with E-state index < -0.39 is 21.1 Å². The fourth-order valence-corrected chi connectivity index (χ4v) is 4.61. The van der Waals surface area contributed by atoms with Gasteiger partial charge < -0.3 is 10.0 Å². The largest absolute Gasteiger partial charge is 0.478 e. The second-order valence-corrected chi connectivity index (χ2v) is 8.28. The molecule has 126 valence electrons. The van der Waals surface area contributed by atoms with Crippen molar-refractivity contribution in [3.8, 4) is 0 Å². The van der Waals surface area contributed by atoms with E-state index in [4.69, 9.17) is 5.11 Å². The van der Waals surface area contributed by atoms with E-state index in [1.807, 2.05) is 0 Å². The van der Waals surface area contributed by atoms with Gasteiger partial charge in [0.2, 0.25) is 0 Å². The van der Waals surface area contributed by atoms with Crippen LogP contribution < -0.4 is 0 Å². The van der Waals surface area contributed by atoms with Crippen LogP contribution >= 0.6 is 0 Å². The van der Waals surface area contributed by atoms with Gasteiger partial charge in [-0.25, -0.2) is 13.2 Å². The Morgan fingerprint density at radius 2 is 1.61 bits per heavy atom. The highest BCUT2D eigenvalue weighted by Crippen LogP contribution is 2.28. The summed E-state index contributed by atoms with van der Waals surface area (Å²) in [7, 11) is -1.61. The van der Waals surface area contributed by atoms with Gasteiger partial charge in [0.25, 0.3) is 5.91 Å². The third-order valence-corrected chi connectivity index (χ3v) is 6.06. The van der Waals surface area contributed by atoms with Gasteiger partial charge in [-0.1, -0.05) is 12.8 Å². The van der Waals surface area contributed by atoms with Crippen LogP contribution in [0.15, 0.2) is 24.3 Å². The molecule has 1 saturated carbocycles. The van der Waals surface area contributed by atoms with Crippen molar-refractivity contribution in [2.24, 2.45) is 0 Å². The number of carbonyl (C=O) groups excluding carboxylic acids is 1. The van der Waals surface area contributed by atoms with Crippen molar-refractivity contribution >= 4 is 21.7 Å². The van der Waals surface area contributed by atoms with Gasteiger partial charge in [0.05, 0.1) is 10.8 Å². The van der Waals surface area contributed by atoms with Crippen molar-refractivity contribution in [1.29, 1.82) is 0 Å². The van der Waals surface area contributed by atoms with Crippen LogP contribution in [0.1, 0.15) is 46.4 Å². The normalized spacial score (nSPS) is 21.7. The Balaban J connectivity index is 2.22. The molecule has 0 spiro atoms. The molecule has 1 fully saturated rings. The molecule has 0 bridgehead atoms. The van der Waals surface area contributed by atoms with E-state index in [0.29, 0.717) is 18.4 Å². The summed E-state index contributed by atoms with van der Waals surface area (Å²) in [4.78, 5) is 24.9. The summed E-state index contributed by atoms with van der Waals surface area (Å²) >= 11 is 0. The number of hydrogen-bond donors (Lipinski definition) is 1. The Bertz CT molecular complexity index is 696. The van der Waals surface area contributed by atoms with Gasteiger partial charge in [0.1, 0.15) is 0 Å². The zero-order chi connectivity index (χ0) is 17.2. The molecule has 0 saturated heterocycles. The predicted molar refractivity (Wildman–Crippen MR) is 86.4 cm³/mol. The van der Waals surface area contributed by atoms with Crippen LogP contribution in [0.3, 0.4) is 0 Å². The van der Waals surface area contributed by atoms with Gasteiger partial charge in [0, 0.05) is 24.9 Å². The Morgan fingerprint density at radius 1 is 1.09 bits per heavy atom. The Labute approximate surface area is 136 Å². The third-order valence-electron chi connectivity index (χ3n) is 4.41. The first-order valence-corrected chi connectivity index (χ1v) is 9.46. The van der Waals surface area contributed by atoms with Crippen LogP contribution in [0, 0.1) is 0 Å². The van der Waals surface area contributed by atoms with E-state index >= 15 is 0 Å². The zero-order valence-corrected chi connectivity index (χ0v) is 14.0. The number of carboxylic acid groups (broad SMARTS) is 1. The lowest BCUT2D eigenvalue weighted by atomic mass is 9.93. The number of amides is 1. The van der Waals surface area contributed by atoms with E-state index in [9.17, 15) is 18.0 Å². The molecule has 1 aliphatic rings. The van der Waals surface area contributed by atoms with E-state index in [0.717, 1.165) is 12.8 Å². The first kappa shape index (κ1) is 17.5. The fraction of sp³-hybridized carbons (Fsp3) is 0.500. The van der Waals surface area contributed by atoms with Crippen LogP contribution in [0.4, 0.5) is 0 Å². The number of rotatable bonds is 4. The monoisotopic (exact) mass is 339 g/mol. The van der Waals surface area contributed by atoms with Crippen molar-refractivity contribution in [2.45, 2.75) is 37.0 Å².